The van der Waals surface area contributed by atoms with E-state index < -0.39 is 34.0 Å². The first kappa shape index (κ1) is 22.5. The van der Waals surface area contributed by atoms with E-state index in [-0.39, 0.29) is 47.5 Å². The van der Waals surface area contributed by atoms with Crippen LogP contribution in [0.5, 0.6) is 5.75 Å². The molecule has 0 amide bonds. The molecule has 2 aromatic rings. The lowest BCUT2D eigenvalue weighted by Gasteiger charge is -2.47. The largest absolute Gasteiger partial charge is 0.493 e. The van der Waals surface area contributed by atoms with Crippen LogP contribution in [0.3, 0.4) is 0 Å². The summed E-state index contributed by atoms with van der Waals surface area (Å²) < 4.78 is 71.5. The predicted molar refractivity (Wildman–Crippen MR) is 101 cm³/mol. The third-order valence-corrected chi connectivity index (χ3v) is 6.53. The SMILES string of the molecule is N#Cc1ccc(OCC2(CO)CN(S(=O)c3ccc(C(F)(F)F)cc3Cl)C2)cc1F. The number of ether oxygens (including phenoxy) is 1. The van der Waals surface area contributed by atoms with Crippen LogP contribution in [0.1, 0.15) is 11.1 Å². The van der Waals surface area contributed by atoms with Crippen LogP contribution in [0.2, 0.25) is 5.02 Å². The number of hydrogen-bond acceptors (Lipinski definition) is 4. The fraction of sp³-hybridized carbons (Fsp3) is 0.316. The van der Waals surface area contributed by atoms with Gasteiger partial charge in [0, 0.05) is 19.2 Å². The average Bonchev–Trinajstić information content (AvgIpc) is 2.66. The van der Waals surface area contributed by atoms with E-state index in [1.165, 1.54) is 16.4 Å². The molecule has 1 heterocycles. The smallest absolute Gasteiger partial charge is 0.416 e. The van der Waals surface area contributed by atoms with Crippen molar-refractivity contribution in [2.45, 2.75) is 11.1 Å². The molecule has 5 nitrogen and oxygen atoms in total. The van der Waals surface area contributed by atoms with E-state index in [1.54, 1.807) is 6.07 Å². The topological polar surface area (TPSA) is 73.6 Å². The molecule has 2 aromatic carbocycles. The zero-order valence-electron chi connectivity index (χ0n) is 15.2. The summed E-state index contributed by atoms with van der Waals surface area (Å²) in [6, 6.07) is 8.03. The van der Waals surface area contributed by atoms with Gasteiger partial charge in [-0.15, -0.1) is 0 Å². The third-order valence-electron chi connectivity index (χ3n) is 4.65. The van der Waals surface area contributed by atoms with Gasteiger partial charge in [-0.1, -0.05) is 11.6 Å². The molecule has 0 aromatic heterocycles. The molecule has 1 unspecified atom stereocenters. The summed E-state index contributed by atoms with van der Waals surface area (Å²) in [6.45, 7) is -0.0536. The van der Waals surface area contributed by atoms with E-state index in [9.17, 15) is 26.9 Å². The maximum Gasteiger partial charge on any atom is 0.416 e. The van der Waals surface area contributed by atoms with Gasteiger partial charge < -0.3 is 9.84 Å². The summed E-state index contributed by atoms with van der Waals surface area (Å²) in [5.41, 5.74) is -1.85. The molecule has 0 bridgehead atoms. The van der Waals surface area contributed by atoms with E-state index in [0.717, 1.165) is 24.3 Å². The molecule has 160 valence electrons. The molecule has 0 radical (unpaired) electrons. The lowest BCUT2D eigenvalue weighted by atomic mass is 9.83. The quantitative estimate of drug-likeness (QED) is 0.663. The lowest BCUT2D eigenvalue weighted by Crippen LogP contribution is -2.61. The Hall–Kier alpha value is -2.19. The summed E-state index contributed by atoms with van der Waals surface area (Å²) in [5.74, 6) is -0.564. The minimum Gasteiger partial charge on any atom is -0.493 e. The molecule has 0 spiro atoms. The van der Waals surface area contributed by atoms with Crippen LogP contribution in [0.15, 0.2) is 41.3 Å². The molecule has 30 heavy (non-hydrogen) atoms. The van der Waals surface area contributed by atoms with E-state index in [2.05, 4.69) is 0 Å². The van der Waals surface area contributed by atoms with Crippen molar-refractivity contribution < 1.29 is 31.6 Å². The zero-order valence-corrected chi connectivity index (χ0v) is 16.8. The Kier molecular flexibility index (Phi) is 6.38. The van der Waals surface area contributed by atoms with Crippen molar-refractivity contribution in [1.82, 2.24) is 4.31 Å². The second-order valence-corrected chi connectivity index (χ2v) is 8.75. The summed E-state index contributed by atoms with van der Waals surface area (Å²) >= 11 is 5.89. The molecule has 3 rings (SSSR count). The average molecular weight is 463 g/mol. The standard InChI is InChI=1S/C19H15ClF4N2O3S/c20-15-5-13(19(22,23)24)2-4-17(15)30(28)26-8-18(9-26,10-27)11-29-14-3-1-12(7-25)16(21)6-14/h1-6,27H,8-11H2. The zero-order chi connectivity index (χ0) is 22.1. The molecule has 0 saturated carbocycles. The van der Waals surface area contributed by atoms with Gasteiger partial charge in [0.25, 0.3) is 0 Å². The molecule has 1 atom stereocenters. The fourth-order valence-corrected chi connectivity index (χ4v) is 4.78. The molecular formula is C19H15ClF4N2O3S. The second-order valence-electron chi connectivity index (χ2n) is 6.89. The number of hydrogen-bond donors (Lipinski definition) is 1. The van der Waals surface area contributed by atoms with Crippen molar-refractivity contribution in [3.8, 4) is 11.8 Å². The number of nitriles is 1. The van der Waals surface area contributed by atoms with Gasteiger partial charge >= 0.3 is 6.18 Å². The highest BCUT2D eigenvalue weighted by Gasteiger charge is 2.46. The Morgan fingerprint density at radius 3 is 2.50 bits per heavy atom. The van der Waals surface area contributed by atoms with Gasteiger partial charge in [0.1, 0.15) is 28.6 Å². The minimum absolute atomic E-state index is 0.0106. The summed E-state index contributed by atoms with van der Waals surface area (Å²) in [7, 11) is -1.82. The minimum atomic E-state index is -4.56. The van der Waals surface area contributed by atoms with E-state index in [0.29, 0.717) is 0 Å². The normalized spacial score (nSPS) is 17.1. The highest BCUT2D eigenvalue weighted by Crippen LogP contribution is 2.37. The van der Waals surface area contributed by atoms with Crippen molar-refractivity contribution in [1.29, 1.82) is 5.26 Å². The first-order valence-corrected chi connectivity index (χ1v) is 10.0. The van der Waals surface area contributed by atoms with Gasteiger partial charge in [-0.3, -0.25) is 0 Å². The van der Waals surface area contributed by atoms with Crippen molar-refractivity contribution in [3.63, 3.8) is 0 Å². The number of benzene rings is 2. The maximum atomic E-state index is 13.7. The lowest BCUT2D eigenvalue weighted by molar-refractivity contribution is -0.137. The van der Waals surface area contributed by atoms with Crippen molar-refractivity contribution in [3.05, 3.63) is 58.4 Å². The van der Waals surface area contributed by atoms with Crippen LogP contribution >= 0.6 is 11.6 Å². The van der Waals surface area contributed by atoms with E-state index in [4.69, 9.17) is 21.6 Å². The monoisotopic (exact) mass is 462 g/mol. The Morgan fingerprint density at radius 2 is 1.97 bits per heavy atom. The number of alkyl halides is 3. The first-order valence-electron chi connectivity index (χ1n) is 8.55. The van der Waals surface area contributed by atoms with Crippen molar-refractivity contribution in [2.24, 2.45) is 5.41 Å². The van der Waals surface area contributed by atoms with Crippen LogP contribution in [-0.2, 0) is 17.2 Å². The molecular weight excluding hydrogens is 448 g/mol. The number of nitrogens with zero attached hydrogens (tertiary/aromatic N) is 2. The highest BCUT2D eigenvalue weighted by molar-refractivity contribution is 7.82. The Morgan fingerprint density at radius 1 is 1.27 bits per heavy atom. The molecule has 1 fully saturated rings. The van der Waals surface area contributed by atoms with E-state index in [1.807, 2.05) is 0 Å². The predicted octanol–water partition coefficient (Wildman–Crippen LogP) is 3.77. The molecule has 1 saturated heterocycles. The molecule has 0 aliphatic carbocycles. The van der Waals surface area contributed by atoms with Crippen LogP contribution in [0.25, 0.3) is 0 Å². The highest BCUT2D eigenvalue weighted by atomic mass is 35.5. The molecule has 1 aliphatic heterocycles. The van der Waals surface area contributed by atoms with Crippen LogP contribution in [0, 0.1) is 22.6 Å². The van der Waals surface area contributed by atoms with Gasteiger partial charge in [-0.25, -0.2) is 12.9 Å². The van der Waals surface area contributed by atoms with E-state index >= 15 is 0 Å². The number of rotatable bonds is 6. The Bertz CT molecular complexity index is 1020. The third kappa shape index (κ3) is 4.59. The second kappa shape index (κ2) is 8.51. The van der Waals surface area contributed by atoms with Crippen LogP contribution in [0.4, 0.5) is 17.6 Å². The summed E-state index contributed by atoms with van der Waals surface area (Å²) in [4.78, 5) is 0.0336. The molecule has 11 heteroatoms. The van der Waals surface area contributed by atoms with Crippen molar-refractivity contribution >= 4 is 22.6 Å². The van der Waals surface area contributed by atoms with Gasteiger partial charge in [-0.2, -0.15) is 18.4 Å². The molecule has 1 aliphatic rings. The first-order chi connectivity index (χ1) is 14.1. The Balaban J connectivity index is 1.64. The summed E-state index contributed by atoms with van der Waals surface area (Å²) in [5, 5.41) is 18.2. The number of aliphatic hydroxyl groups excluding tert-OH is 1. The van der Waals surface area contributed by atoms with Gasteiger partial charge in [0.05, 0.1) is 39.7 Å². The number of halogens is 5. The summed E-state index contributed by atoms with van der Waals surface area (Å²) in [6.07, 6.45) is -4.56. The van der Waals surface area contributed by atoms with Gasteiger partial charge in [0.2, 0.25) is 0 Å². The van der Waals surface area contributed by atoms with Gasteiger partial charge in [-0.05, 0) is 30.3 Å². The van der Waals surface area contributed by atoms with Gasteiger partial charge in [0.15, 0.2) is 0 Å². The fourth-order valence-electron chi connectivity index (χ4n) is 2.93. The van der Waals surface area contributed by atoms with Crippen LogP contribution in [-0.4, -0.2) is 39.9 Å². The Labute approximate surface area is 177 Å². The van der Waals surface area contributed by atoms with Crippen molar-refractivity contribution in [2.75, 3.05) is 26.3 Å². The molecule has 1 N–H and O–H groups in total. The van der Waals surface area contributed by atoms with Crippen LogP contribution < -0.4 is 4.74 Å². The number of aliphatic hydroxyl groups is 1. The maximum absolute atomic E-state index is 13.7.